The normalized spacial score (nSPS) is 37.9. The zero-order chi connectivity index (χ0) is 16.4. The molecular formula is C17H19I3NO2+. The zero-order valence-corrected chi connectivity index (χ0v) is 19.2. The lowest BCUT2D eigenvalue weighted by Crippen LogP contribution is -2.80. The highest BCUT2D eigenvalue weighted by Gasteiger charge is 2.60. The predicted molar refractivity (Wildman–Crippen MR) is 113 cm³/mol. The molecule has 3 N–H and O–H groups in total. The minimum Gasteiger partial charge on any atom is -0.455 e. The summed E-state index contributed by atoms with van der Waals surface area (Å²) in [6.45, 7) is 0. The van der Waals surface area contributed by atoms with Crippen molar-refractivity contribution in [2.75, 3.05) is 0 Å². The molecule has 4 saturated carbocycles. The maximum atomic E-state index is 12.9. The number of carbonyl (C=O) groups is 1. The number of ether oxygens (including phenoxy) is 1. The fraction of sp³-hybridized carbons (Fsp3) is 0.588. The van der Waals surface area contributed by atoms with E-state index in [-0.39, 0.29) is 17.1 Å². The van der Waals surface area contributed by atoms with Crippen LogP contribution < -0.4 is 5.73 Å². The highest BCUT2D eigenvalue weighted by atomic mass is 127. The lowest BCUT2D eigenvalue weighted by molar-refractivity contribution is -0.511. The molecule has 23 heavy (non-hydrogen) atoms. The van der Waals surface area contributed by atoms with E-state index in [2.05, 4.69) is 79.6 Å². The zero-order valence-electron chi connectivity index (χ0n) is 12.7. The Morgan fingerprint density at radius 2 is 1.78 bits per heavy atom. The van der Waals surface area contributed by atoms with Crippen LogP contribution in [0.5, 0.6) is 0 Å². The summed E-state index contributed by atoms with van der Waals surface area (Å²) < 4.78 is 9.40. The predicted octanol–water partition coefficient (Wildman–Crippen LogP) is 3.99. The SMILES string of the molecule is [NH3+]C12CC3CC(C1)CC(OC(=O)c1cc(I)cc(I)c1I)(C3)C2. The van der Waals surface area contributed by atoms with Gasteiger partial charge in [-0.05, 0) is 111 Å². The van der Waals surface area contributed by atoms with Gasteiger partial charge in [0, 0.05) is 30.0 Å². The Morgan fingerprint density at radius 3 is 2.39 bits per heavy atom. The van der Waals surface area contributed by atoms with Crippen LogP contribution in [0, 0.1) is 22.5 Å². The van der Waals surface area contributed by atoms with Crippen LogP contribution in [0.1, 0.15) is 48.9 Å². The molecule has 3 nitrogen and oxygen atoms in total. The Labute approximate surface area is 177 Å². The van der Waals surface area contributed by atoms with Crippen molar-refractivity contribution in [3.63, 3.8) is 0 Å². The van der Waals surface area contributed by atoms with Crippen molar-refractivity contribution in [1.82, 2.24) is 0 Å². The first-order chi connectivity index (χ1) is 10.8. The first kappa shape index (κ1) is 17.3. The third-order valence-corrected chi connectivity index (χ3v) is 9.32. The van der Waals surface area contributed by atoms with Crippen molar-refractivity contribution >= 4 is 73.7 Å². The third-order valence-electron chi connectivity index (χ3n) is 5.65. The average molecular weight is 650 g/mol. The van der Waals surface area contributed by atoms with Gasteiger partial charge in [-0.3, -0.25) is 0 Å². The molecule has 0 aromatic heterocycles. The first-order valence-corrected chi connectivity index (χ1v) is 11.2. The smallest absolute Gasteiger partial charge is 0.339 e. The lowest BCUT2D eigenvalue weighted by Gasteiger charge is -2.57. The maximum absolute atomic E-state index is 12.9. The van der Waals surface area contributed by atoms with Gasteiger partial charge in [0.2, 0.25) is 0 Å². The van der Waals surface area contributed by atoms with Gasteiger partial charge < -0.3 is 10.5 Å². The summed E-state index contributed by atoms with van der Waals surface area (Å²) in [6.07, 6.45) is 6.81. The number of hydrogen-bond donors (Lipinski definition) is 1. The van der Waals surface area contributed by atoms with Gasteiger partial charge in [0.1, 0.15) is 5.60 Å². The first-order valence-electron chi connectivity index (χ1n) is 8.01. The molecule has 5 rings (SSSR count). The van der Waals surface area contributed by atoms with Crippen molar-refractivity contribution in [2.45, 2.75) is 49.7 Å². The summed E-state index contributed by atoms with van der Waals surface area (Å²) in [7, 11) is 0. The fourth-order valence-corrected chi connectivity index (χ4v) is 7.82. The van der Waals surface area contributed by atoms with E-state index in [9.17, 15) is 4.79 Å². The molecule has 0 aliphatic heterocycles. The molecule has 1 aromatic carbocycles. The quantitative estimate of drug-likeness (QED) is 0.300. The van der Waals surface area contributed by atoms with Crippen LogP contribution in [-0.4, -0.2) is 17.1 Å². The number of benzene rings is 1. The molecule has 0 radical (unpaired) electrons. The molecule has 4 aliphatic carbocycles. The number of carbonyl (C=O) groups excluding carboxylic acids is 1. The molecule has 0 saturated heterocycles. The van der Waals surface area contributed by atoms with Crippen LogP contribution in [0.4, 0.5) is 0 Å². The van der Waals surface area contributed by atoms with Crippen LogP contribution in [0.2, 0.25) is 0 Å². The summed E-state index contributed by atoms with van der Waals surface area (Å²) in [5.74, 6) is 1.27. The van der Waals surface area contributed by atoms with E-state index in [0.29, 0.717) is 11.8 Å². The molecule has 1 aromatic rings. The molecule has 0 spiro atoms. The van der Waals surface area contributed by atoms with E-state index in [1.165, 1.54) is 19.3 Å². The Bertz CT molecular complexity index is 677. The van der Waals surface area contributed by atoms with Crippen molar-refractivity contribution in [1.29, 1.82) is 0 Å². The van der Waals surface area contributed by atoms with Crippen LogP contribution in [0.25, 0.3) is 0 Å². The fourth-order valence-electron chi connectivity index (χ4n) is 5.44. The Kier molecular flexibility index (Phi) is 4.46. The minimum absolute atomic E-state index is 0.142. The van der Waals surface area contributed by atoms with Crippen LogP contribution in [0.3, 0.4) is 0 Å². The second-order valence-electron chi connectivity index (χ2n) is 7.78. The van der Waals surface area contributed by atoms with Gasteiger partial charge >= 0.3 is 5.97 Å². The number of esters is 1. The molecule has 2 atom stereocenters. The van der Waals surface area contributed by atoms with E-state index in [4.69, 9.17) is 4.74 Å². The molecule has 6 heteroatoms. The third kappa shape index (κ3) is 3.18. The Hall–Kier alpha value is 0.840. The van der Waals surface area contributed by atoms with Gasteiger partial charge in [-0.15, -0.1) is 0 Å². The minimum atomic E-state index is -0.251. The van der Waals surface area contributed by atoms with Crippen LogP contribution >= 0.6 is 67.8 Å². The summed E-state index contributed by atoms with van der Waals surface area (Å²) >= 11 is 6.81. The Balaban J connectivity index is 1.62. The summed E-state index contributed by atoms with van der Waals surface area (Å²) in [5.41, 5.74) is 5.12. The van der Waals surface area contributed by atoms with E-state index in [1.807, 2.05) is 6.07 Å². The lowest BCUT2D eigenvalue weighted by atomic mass is 9.51. The monoisotopic (exact) mass is 650 g/mol. The van der Waals surface area contributed by atoms with Crippen molar-refractivity contribution in [2.24, 2.45) is 11.8 Å². The second-order valence-corrected chi connectivity index (χ2v) is 11.3. The highest BCUT2D eigenvalue weighted by molar-refractivity contribution is 14.1. The van der Waals surface area contributed by atoms with Gasteiger partial charge in [0.05, 0.1) is 11.1 Å². The Morgan fingerprint density at radius 1 is 1.13 bits per heavy atom. The van der Waals surface area contributed by atoms with Gasteiger partial charge in [-0.25, -0.2) is 4.79 Å². The highest BCUT2D eigenvalue weighted by Crippen LogP contribution is 2.57. The molecule has 124 valence electrons. The molecule has 0 amide bonds. The molecule has 0 heterocycles. The van der Waals surface area contributed by atoms with Crippen LogP contribution in [-0.2, 0) is 4.74 Å². The molecule has 4 fully saturated rings. The molecular weight excluding hydrogens is 631 g/mol. The topological polar surface area (TPSA) is 53.9 Å². The standard InChI is InChI=1S/C17H18I3NO2/c18-11-2-12(14(20)13(19)3-11)15(22)23-17-6-9-1-10(7-17)5-16(21,4-9)8-17/h2-3,9-10H,1,4-8,21H2/p+1. The molecule has 4 bridgehead atoms. The van der Waals surface area contributed by atoms with E-state index < -0.39 is 0 Å². The average Bonchev–Trinajstić information content (AvgIpc) is 2.39. The van der Waals surface area contributed by atoms with Crippen molar-refractivity contribution < 1.29 is 15.3 Å². The number of rotatable bonds is 2. The number of halogens is 3. The largest absolute Gasteiger partial charge is 0.455 e. The van der Waals surface area contributed by atoms with Gasteiger partial charge in [0.25, 0.3) is 0 Å². The maximum Gasteiger partial charge on any atom is 0.339 e. The van der Waals surface area contributed by atoms with Crippen molar-refractivity contribution in [3.05, 3.63) is 28.4 Å². The van der Waals surface area contributed by atoms with E-state index in [1.54, 1.807) is 0 Å². The number of quaternary nitrogens is 1. The summed E-state index contributed by atoms with van der Waals surface area (Å²) in [4.78, 5) is 12.9. The van der Waals surface area contributed by atoms with Gasteiger partial charge in [0.15, 0.2) is 0 Å². The van der Waals surface area contributed by atoms with Gasteiger partial charge in [-0.2, -0.15) is 0 Å². The van der Waals surface area contributed by atoms with E-state index in [0.717, 1.165) is 35.5 Å². The second kappa shape index (κ2) is 5.94. The van der Waals surface area contributed by atoms with Crippen LogP contribution in [0.15, 0.2) is 12.1 Å². The summed E-state index contributed by atoms with van der Waals surface area (Å²) in [5, 5.41) is 0. The molecule has 4 aliphatic rings. The van der Waals surface area contributed by atoms with Crippen molar-refractivity contribution in [3.8, 4) is 0 Å². The number of hydrogen-bond acceptors (Lipinski definition) is 2. The van der Waals surface area contributed by atoms with Gasteiger partial charge in [-0.1, -0.05) is 0 Å². The van der Waals surface area contributed by atoms with E-state index >= 15 is 0 Å². The summed E-state index contributed by atoms with van der Waals surface area (Å²) in [6, 6.07) is 4.04. The molecule has 2 unspecified atom stereocenters.